The van der Waals surface area contributed by atoms with E-state index in [2.05, 4.69) is 5.32 Å². The average molecular weight is 319 g/mol. The van der Waals surface area contributed by atoms with E-state index in [0.717, 1.165) is 29.0 Å². The molecule has 1 aliphatic rings. The molecular formula is C17H21NO3S. The summed E-state index contributed by atoms with van der Waals surface area (Å²) in [4.78, 5) is 14.4. The summed E-state index contributed by atoms with van der Waals surface area (Å²) < 4.78 is 5.46. The number of amides is 1. The van der Waals surface area contributed by atoms with Crippen molar-refractivity contribution in [3.8, 4) is 0 Å². The minimum absolute atomic E-state index is 0.113. The molecule has 0 spiro atoms. The molecule has 0 saturated heterocycles. The van der Waals surface area contributed by atoms with Gasteiger partial charge in [0.15, 0.2) is 0 Å². The van der Waals surface area contributed by atoms with E-state index < -0.39 is 5.60 Å². The van der Waals surface area contributed by atoms with Gasteiger partial charge in [-0.2, -0.15) is 0 Å². The summed E-state index contributed by atoms with van der Waals surface area (Å²) >= 11 is 1.57. The van der Waals surface area contributed by atoms with E-state index in [-0.39, 0.29) is 12.5 Å². The molecule has 0 saturated carbocycles. The number of aryl methyl sites for hydroxylation is 4. The Hall–Kier alpha value is -1.59. The van der Waals surface area contributed by atoms with Gasteiger partial charge in [-0.1, -0.05) is 0 Å². The zero-order valence-corrected chi connectivity index (χ0v) is 14.0. The van der Waals surface area contributed by atoms with Crippen molar-refractivity contribution in [2.24, 2.45) is 0 Å². The first-order valence-corrected chi connectivity index (χ1v) is 8.38. The van der Waals surface area contributed by atoms with E-state index in [0.29, 0.717) is 5.76 Å². The number of carbonyl (C=O) groups excluding carboxylic acids is 1. The summed E-state index contributed by atoms with van der Waals surface area (Å²) in [6.45, 7) is 5.52. The van der Waals surface area contributed by atoms with E-state index in [1.54, 1.807) is 18.3 Å². The molecule has 2 N–H and O–H groups in total. The maximum atomic E-state index is 12.3. The molecule has 1 aliphatic carbocycles. The zero-order chi connectivity index (χ0) is 15.9. The molecule has 2 aromatic heterocycles. The fourth-order valence-electron chi connectivity index (χ4n) is 3.04. The highest BCUT2D eigenvalue weighted by Crippen LogP contribution is 2.31. The molecule has 0 aliphatic heterocycles. The average Bonchev–Trinajstić information content (AvgIpc) is 3.10. The van der Waals surface area contributed by atoms with Crippen molar-refractivity contribution in [1.82, 2.24) is 5.32 Å². The van der Waals surface area contributed by atoms with Crippen molar-refractivity contribution in [2.75, 3.05) is 6.54 Å². The Morgan fingerprint density at radius 2 is 2.18 bits per heavy atom. The number of hydrogen-bond donors (Lipinski definition) is 2. The first-order chi connectivity index (χ1) is 10.4. The molecule has 1 atom stereocenters. The van der Waals surface area contributed by atoms with Crippen LogP contribution in [-0.2, 0) is 18.4 Å². The second-order valence-corrected chi connectivity index (χ2v) is 7.33. The molecule has 118 valence electrons. The number of fused-ring (bicyclic) bond motifs is 1. The lowest BCUT2D eigenvalue weighted by atomic mass is 9.96. The maximum Gasteiger partial charge on any atom is 0.261 e. The topological polar surface area (TPSA) is 62.5 Å². The highest BCUT2D eigenvalue weighted by atomic mass is 32.1. The smallest absolute Gasteiger partial charge is 0.261 e. The van der Waals surface area contributed by atoms with Crippen LogP contribution in [0, 0.1) is 13.8 Å². The fraction of sp³-hybridized carbons (Fsp3) is 0.471. The first kappa shape index (κ1) is 15.3. The van der Waals surface area contributed by atoms with Gasteiger partial charge in [0, 0.05) is 10.4 Å². The lowest BCUT2D eigenvalue weighted by molar-refractivity contribution is 0.0515. The Bertz CT molecular complexity index is 690. The van der Waals surface area contributed by atoms with Crippen molar-refractivity contribution in [2.45, 2.75) is 45.6 Å². The second-order valence-electron chi connectivity index (χ2n) is 6.20. The van der Waals surface area contributed by atoms with Crippen LogP contribution in [0.3, 0.4) is 0 Å². The zero-order valence-electron chi connectivity index (χ0n) is 13.2. The Balaban J connectivity index is 1.68. The number of rotatable bonds is 4. The van der Waals surface area contributed by atoms with Crippen molar-refractivity contribution in [1.29, 1.82) is 0 Å². The Kier molecular flexibility index (Phi) is 3.87. The van der Waals surface area contributed by atoms with Gasteiger partial charge in [-0.3, -0.25) is 4.79 Å². The normalized spacial score (nSPS) is 16.4. The van der Waals surface area contributed by atoms with Gasteiger partial charge in [0.1, 0.15) is 17.1 Å². The molecule has 5 heteroatoms. The summed E-state index contributed by atoms with van der Waals surface area (Å²) in [5, 5.41) is 13.5. The van der Waals surface area contributed by atoms with Crippen LogP contribution in [0.5, 0.6) is 0 Å². The molecule has 0 radical (unpaired) electrons. The Morgan fingerprint density at radius 1 is 1.41 bits per heavy atom. The summed E-state index contributed by atoms with van der Waals surface area (Å²) in [6.07, 6.45) is 3.35. The summed E-state index contributed by atoms with van der Waals surface area (Å²) in [5.74, 6) is 1.33. The highest BCUT2D eigenvalue weighted by Gasteiger charge is 2.29. The molecule has 2 heterocycles. The summed E-state index contributed by atoms with van der Waals surface area (Å²) in [5.41, 5.74) is 0.888. The maximum absolute atomic E-state index is 12.3. The number of carbonyl (C=O) groups is 1. The molecule has 1 amide bonds. The van der Waals surface area contributed by atoms with Crippen LogP contribution in [0.25, 0.3) is 0 Å². The van der Waals surface area contributed by atoms with Crippen LogP contribution in [0.4, 0.5) is 0 Å². The lowest BCUT2D eigenvalue weighted by Crippen LogP contribution is -2.38. The Labute approximate surface area is 134 Å². The quantitative estimate of drug-likeness (QED) is 0.910. The number of nitrogens with one attached hydrogen (secondary N) is 1. The third kappa shape index (κ3) is 2.83. The monoisotopic (exact) mass is 319 g/mol. The van der Waals surface area contributed by atoms with Crippen LogP contribution in [0.15, 0.2) is 16.5 Å². The molecule has 2 aromatic rings. The standard InChI is InChI=1S/C17H21NO3S/c1-10-7-13(11(2)21-10)17(3,20)9-18-16(19)15-8-12-5-4-6-14(12)22-15/h7-8,20H,4-6,9H2,1-3H3,(H,18,19). The molecule has 4 nitrogen and oxygen atoms in total. The molecule has 0 fully saturated rings. The van der Waals surface area contributed by atoms with Crippen molar-refractivity contribution in [3.05, 3.63) is 44.5 Å². The van der Waals surface area contributed by atoms with Crippen LogP contribution in [0.2, 0.25) is 0 Å². The number of aliphatic hydroxyl groups is 1. The molecule has 3 rings (SSSR count). The SMILES string of the molecule is Cc1cc(C(C)(O)CNC(=O)c2cc3c(s2)CCC3)c(C)o1. The van der Waals surface area contributed by atoms with E-state index >= 15 is 0 Å². The number of furan rings is 1. The van der Waals surface area contributed by atoms with Gasteiger partial charge in [0.05, 0.1) is 11.4 Å². The van der Waals surface area contributed by atoms with Gasteiger partial charge in [-0.15, -0.1) is 11.3 Å². The predicted octanol–water partition coefficient (Wildman–Crippen LogP) is 3.08. The van der Waals surface area contributed by atoms with E-state index in [9.17, 15) is 9.90 Å². The van der Waals surface area contributed by atoms with E-state index in [4.69, 9.17) is 4.42 Å². The molecule has 1 unspecified atom stereocenters. The minimum Gasteiger partial charge on any atom is -0.466 e. The van der Waals surface area contributed by atoms with Crippen molar-refractivity contribution < 1.29 is 14.3 Å². The predicted molar refractivity (Wildman–Crippen MR) is 86.4 cm³/mol. The highest BCUT2D eigenvalue weighted by molar-refractivity contribution is 7.14. The van der Waals surface area contributed by atoms with Gasteiger partial charge in [0.25, 0.3) is 5.91 Å². The van der Waals surface area contributed by atoms with E-state index in [1.807, 2.05) is 26.0 Å². The largest absolute Gasteiger partial charge is 0.466 e. The molecule has 0 aromatic carbocycles. The van der Waals surface area contributed by atoms with Crippen molar-refractivity contribution >= 4 is 17.2 Å². The Morgan fingerprint density at radius 3 is 2.82 bits per heavy atom. The minimum atomic E-state index is -1.14. The first-order valence-electron chi connectivity index (χ1n) is 7.56. The van der Waals surface area contributed by atoms with Gasteiger partial charge in [-0.25, -0.2) is 0 Å². The van der Waals surface area contributed by atoms with Crippen LogP contribution < -0.4 is 5.32 Å². The second kappa shape index (κ2) is 5.56. The number of thiophene rings is 1. The van der Waals surface area contributed by atoms with Crippen LogP contribution in [-0.4, -0.2) is 17.6 Å². The number of hydrogen-bond acceptors (Lipinski definition) is 4. The molecule has 0 bridgehead atoms. The van der Waals surface area contributed by atoms with Gasteiger partial charge >= 0.3 is 0 Å². The summed E-state index contributed by atoms with van der Waals surface area (Å²) in [6, 6.07) is 3.81. The van der Waals surface area contributed by atoms with Crippen molar-refractivity contribution in [3.63, 3.8) is 0 Å². The van der Waals surface area contributed by atoms with Gasteiger partial charge < -0.3 is 14.8 Å². The summed E-state index contributed by atoms with van der Waals surface area (Å²) in [7, 11) is 0. The lowest BCUT2D eigenvalue weighted by Gasteiger charge is -2.23. The van der Waals surface area contributed by atoms with Crippen LogP contribution in [0.1, 0.15) is 50.5 Å². The van der Waals surface area contributed by atoms with Gasteiger partial charge in [0.2, 0.25) is 0 Å². The van der Waals surface area contributed by atoms with E-state index in [1.165, 1.54) is 16.9 Å². The van der Waals surface area contributed by atoms with Gasteiger partial charge in [-0.05, 0) is 57.7 Å². The molecular weight excluding hydrogens is 298 g/mol. The third-order valence-corrected chi connectivity index (χ3v) is 5.42. The van der Waals surface area contributed by atoms with Crippen LogP contribution >= 0.6 is 11.3 Å². The fourth-order valence-corrected chi connectivity index (χ4v) is 4.21. The molecule has 22 heavy (non-hydrogen) atoms. The third-order valence-electron chi connectivity index (χ3n) is 4.18.